The maximum atomic E-state index is 12.5. The van der Waals surface area contributed by atoms with Gasteiger partial charge in [-0.1, -0.05) is 45.2 Å². The third-order valence-corrected chi connectivity index (χ3v) is 5.45. The van der Waals surface area contributed by atoms with E-state index in [4.69, 9.17) is 23.2 Å². The summed E-state index contributed by atoms with van der Waals surface area (Å²) in [5, 5.41) is 10.6. The summed E-state index contributed by atoms with van der Waals surface area (Å²) in [5.74, 6) is -1.29. The highest BCUT2D eigenvalue weighted by molar-refractivity contribution is 9.10. The van der Waals surface area contributed by atoms with Crippen LogP contribution in [0.15, 0.2) is 27.5 Å². The van der Waals surface area contributed by atoms with E-state index in [2.05, 4.69) is 31.9 Å². The van der Waals surface area contributed by atoms with Crippen LogP contribution in [0.5, 0.6) is 0 Å². The molecule has 4 nitrogen and oxygen atoms in total. The predicted octanol–water partition coefficient (Wildman–Crippen LogP) is 5.20. The molecule has 0 amide bonds. The van der Waals surface area contributed by atoms with Crippen LogP contribution in [0, 0.1) is 0 Å². The number of hydrogen-bond acceptors (Lipinski definition) is 2. The lowest BCUT2D eigenvalue weighted by molar-refractivity contribution is 0.0695. The molecular weight excluding hydrogens is 473 g/mol. The summed E-state index contributed by atoms with van der Waals surface area (Å²) in [6, 6.07) is 4.78. The Morgan fingerprint density at radius 3 is 2.43 bits per heavy atom. The van der Waals surface area contributed by atoms with Gasteiger partial charge in [-0.3, -0.25) is 4.79 Å². The summed E-state index contributed by atoms with van der Waals surface area (Å²) in [7, 11) is 0. The van der Waals surface area contributed by atoms with Gasteiger partial charge in [-0.15, -0.1) is 0 Å². The Kier molecular flexibility index (Phi) is 5.94. The molecule has 2 rings (SSSR count). The van der Waals surface area contributed by atoms with Crippen LogP contribution in [0.4, 0.5) is 0 Å². The average Bonchev–Trinajstić information content (AvgIpc) is 2.51. The van der Waals surface area contributed by atoms with Crippen LogP contribution in [0.25, 0.3) is 11.3 Å². The number of aromatic carboxylic acids is 1. The molecule has 1 N–H and O–H groups in total. The second-order valence-electron chi connectivity index (χ2n) is 4.63. The molecule has 0 unspecified atom stereocenters. The highest BCUT2D eigenvalue weighted by Crippen LogP contribution is 2.32. The van der Waals surface area contributed by atoms with Gasteiger partial charge in [-0.05, 0) is 35.0 Å². The minimum absolute atomic E-state index is 0.234. The van der Waals surface area contributed by atoms with E-state index in [1.165, 1.54) is 0 Å². The summed E-state index contributed by atoms with van der Waals surface area (Å²) in [6.45, 7) is 2.35. The Labute approximate surface area is 159 Å². The van der Waals surface area contributed by atoms with Gasteiger partial charge in [0, 0.05) is 23.1 Å². The van der Waals surface area contributed by atoms with Gasteiger partial charge in [0.15, 0.2) is 0 Å². The van der Waals surface area contributed by atoms with Gasteiger partial charge < -0.3 is 9.67 Å². The molecule has 0 bridgehead atoms. The van der Waals surface area contributed by atoms with E-state index < -0.39 is 11.4 Å². The summed E-state index contributed by atoms with van der Waals surface area (Å²) in [4.78, 5) is 24.2. The number of rotatable bonds is 4. The minimum Gasteiger partial charge on any atom is -0.477 e. The summed E-state index contributed by atoms with van der Waals surface area (Å²) < 4.78 is 2.00. The summed E-state index contributed by atoms with van der Waals surface area (Å²) in [6.07, 6.45) is 0. The fourth-order valence-corrected chi connectivity index (χ4v) is 4.17. The quantitative estimate of drug-likeness (QED) is 0.608. The molecule has 122 valence electrons. The lowest BCUT2D eigenvalue weighted by atomic mass is 10.0. The smallest absolute Gasteiger partial charge is 0.341 e. The third-order valence-electron chi connectivity index (χ3n) is 3.36. The van der Waals surface area contributed by atoms with Gasteiger partial charge >= 0.3 is 5.97 Å². The van der Waals surface area contributed by atoms with E-state index in [0.29, 0.717) is 38.9 Å². The van der Waals surface area contributed by atoms with Gasteiger partial charge in [0.1, 0.15) is 5.56 Å². The van der Waals surface area contributed by atoms with Crippen molar-refractivity contribution in [3.8, 4) is 11.3 Å². The van der Waals surface area contributed by atoms with E-state index in [1.54, 1.807) is 22.8 Å². The number of carboxylic acid groups (broad SMARTS) is 1. The summed E-state index contributed by atoms with van der Waals surface area (Å²) >= 11 is 18.5. The number of pyridine rings is 1. The molecule has 0 saturated heterocycles. The number of aromatic nitrogens is 1. The molecule has 0 atom stereocenters. The van der Waals surface area contributed by atoms with E-state index in [9.17, 15) is 14.7 Å². The Hall–Kier alpha value is -0.820. The van der Waals surface area contributed by atoms with Gasteiger partial charge in [0.05, 0.1) is 20.2 Å². The lowest BCUT2D eigenvalue weighted by Gasteiger charge is -2.20. The van der Waals surface area contributed by atoms with Crippen molar-refractivity contribution in [2.45, 2.75) is 18.8 Å². The number of hydrogen-bond donors (Lipinski definition) is 1. The van der Waals surface area contributed by atoms with Crippen molar-refractivity contribution in [1.82, 2.24) is 4.57 Å². The van der Waals surface area contributed by atoms with Gasteiger partial charge in [-0.2, -0.15) is 0 Å². The first kappa shape index (κ1) is 18.5. The van der Waals surface area contributed by atoms with Crippen LogP contribution < -0.4 is 5.43 Å². The molecule has 0 aliphatic carbocycles. The third kappa shape index (κ3) is 3.36. The minimum atomic E-state index is -1.29. The van der Waals surface area contributed by atoms with E-state index in [1.807, 2.05) is 6.92 Å². The first-order valence-corrected chi connectivity index (χ1v) is 9.20. The monoisotopic (exact) mass is 481 g/mol. The van der Waals surface area contributed by atoms with Crippen LogP contribution in [0.2, 0.25) is 10.0 Å². The topological polar surface area (TPSA) is 59.3 Å². The number of halogens is 4. The molecule has 0 saturated carbocycles. The zero-order valence-electron chi connectivity index (χ0n) is 11.9. The highest BCUT2D eigenvalue weighted by Gasteiger charge is 2.25. The molecule has 8 heteroatoms. The van der Waals surface area contributed by atoms with Gasteiger partial charge in [0.25, 0.3) is 0 Å². The Morgan fingerprint density at radius 2 is 1.96 bits per heavy atom. The van der Waals surface area contributed by atoms with Gasteiger partial charge in [-0.25, -0.2) is 4.79 Å². The van der Waals surface area contributed by atoms with Crippen LogP contribution in [0.1, 0.15) is 23.0 Å². The first-order chi connectivity index (χ1) is 10.8. The number of carbonyl (C=O) groups is 1. The number of nitrogens with zero attached hydrogens (tertiary/aromatic N) is 1. The zero-order chi connectivity index (χ0) is 17.3. The van der Waals surface area contributed by atoms with Crippen LogP contribution in [-0.4, -0.2) is 15.6 Å². The number of carboxylic acids is 1. The molecule has 2 aromatic rings. The molecule has 0 fully saturated rings. The fraction of sp³-hybridized carbons (Fsp3) is 0.200. The van der Waals surface area contributed by atoms with E-state index >= 15 is 0 Å². The second-order valence-corrected chi connectivity index (χ2v) is 6.79. The average molecular weight is 484 g/mol. The summed E-state index contributed by atoms with van der Waals surface area (Å²) in [5.41, 5.74) is 0.606. The highest BCUT2D eigenvalue weighted by atomic mass is 79.9. The van der Waals surface area contributed by atoms with E-state index in [-0.39, 0.29) is 10.0 Å². The van der Waals surface area contributed by atoms with Crippen molar-refractivity contribution in [3.05, 3.63) is 54.2 Å². The molecular formula is C15H11Br2Cl2NO3. The van der Waals surface area contributed by atoms with Crippen LogP contribution >= 0.6 is 55.1 Å². The van der Waals surface area contributed by atoms with Crippen molar-refractivity contribution in [2.24, 2.45) is 0 Å². The molecule has 0 spiro atoms. The molecule has 0 aliphatic heterocycles. The van der Waals surface area contributed by atoms with Crippen molar-refractivity contribution in [3.63, 3.8) is 0 Å². The molecule has 0 aliphatic rings. The zero-order valence-corrected chi connectivity index (χ0v) is 16.6. The molecule has 23 heavy (non-hydrogen) atoms. The largest absolute Gasteiger partial charge is 0.477 e. The standard InChI is InChI=1S/C15H11Br2Cl2NO3/c1-2-20-10(6-16)12(17)14(21)11(15(22)23)13(20)7-3-4-8(18)9(19)5-7/h3-5H,2,6H2,1H3,(H,22,23). The van der Waals surface area contributed by atoms with E-state index in [0.717, 1.165) is 0 Å². The van der Waals surface area contributed by atoms with Crippen LogP contribution in [-0.2, 0) is 11.9 Å². The molecule has 1 aromatic carbocycles. The van der Waals surface area contributed by atoms with Crippen molar-refractivity contribution in [2.75, 3.05) is 0 Å². The molecule has 1 aromatic heterocycles. The lowest BCUT2D eigenvalue weighted by Crippen LogP contribution is -2.24. The fourth-order valence-electron chi connectivity index (χ4n) is 2.36. The number of benzene rings is 1. The molecule has 1 heterocycles. The van der Waals surface area contributed by atoms with Crippen molar-refractivity contribution < 1.29 is 9.90 Å². The molecule has 0 radical (unpaired) electrons. The SMILES string of the molecule is CCn1c(CBr)c(Br)c(=O)c(C(=O)O)c1-c1ccc(Cl)c(Cl)c1. The number of alkyl halides is 1. The van der Waals surface area contributed by atoms with Crippen molar-refractivity contribution in [1.29, 1.82) is 0 Å². The second kappa shape index (κ2) is 7.38. The Balaban J connectivity index is 2.99. The first-order valence-electron chi connectivity index (χ1n) is 6.53. The normalized spacial score (nSPS) is 10.8. The van der Waals surface area contributed by atoms with Crippen LogP contribution in [0.3, 0.4) is 0 Å². The van der Waals surface area contributed by atoms with Gasteiger partial charge in [0.2, 0.25) is 5.43 Å². The Bertz CT molecular complexity index is 850. The van der Waals surface area contributed by atoms with Crippen molar-refractivity contribution >= 4 is 61.0 Å². The predicted molar refractivity (Wildman–Crippen MR) is 99.1 cm³/mol. The Morgan fingerprint density at radius 1 is 1.30 bits per heavy atom. The maximum absolute atomic E-state index is 12.5. The maximum Gasteiger partial charge on any atom is 0.341 e.